The van der Waals surface area contributed by atoms with Crippen molar-refractivity contribution in [2.24, 2.45) is 0 Å². The zero-order valence-corrected chi connectivity index (χ0v) is 12.7. The van der Waals surface area contributed by atoms with Gasteiger partial charge in [0.2, 0.25) is 5.88 Å². The smallest absolute Gasteiger partial charge is 0.317 e. The molecule has 1 saturated heterocycles. The standard InChI is InChI=1S/C14H14ClN3O2S/c15-12-4-1-5-16-13(12)20-10-8-18(9-10)14(19)17-7-11-3-2-6-21-11/h1-6,10H,7-9H2,(H,17,19). The molecule has 0 atom stereocenters. The molecular weight excluding hydrogens is 310 g/mol. The average Bonchev–Trinajstić information content (AvgIpc) is 2.95. The molecule has 1 N–H and O–H groups in total. The second-order valence-corrected chi connectivity index (χ2v) is 6.11. The molecule has 2 amide bonds. The molecule has 2 aromatic rings. The molecule has 0 radical (unpaired) electrons. The summed E-state index contributed by atoms with van der Waals surface area (Å²) >= 11 is 7.60. The van der Waals surface area contributed by atoms with Crippen molar-refractivity contribution in [3.05, 3.63) is 45.7 Å². The van der Waals surface area contributed by atoms with Crippen LogP contribution in [-0.4, -0.2) is 35.1 Å². The van der Waals surface area contributed by atoms with Crippen LogP contribution in [0.1, 0.15) is 4.88 Å². The van der Waals surface area contributed by atoms with Crippen molar-refractivity contribution in [3.8, 4) is 5.88 Å². The van der Waals surface area contributed by atoms with E-state index < -0.39 is 0 Å². The van der Waals surface area contributed by atoms with E-state index in [4.69, 9.17) is 16.3 Å². The highest BCUT2D eigenvalue weighted by Gasteiger charge is 2.32. The predicted molar refractivity (Wildman–Crippen MR) is 81.8 cm³/mol. The number of rotatable bonds is 4. The molecule has 110 valence electrons. The van der Waals surface area contributed by atoms with Crippen molar-refractivity contribution in [3.63, 3.8) is 0 Å². The van der Waals surface area contributed by atoms with Crippen LogP contribution in [0.15, 0.2) is 35.8 Å². The lowest BCUT2D eigenvalue weighted by atomic mass is 10.2. The number of ether oxygens (including phenoxy) is 1. The molecule has 21 heavy (non-hydrogen) atoms. The fourth-order valence-corrected chi connectivity index (χ4v) is 2.79. The topological polar surface area (TPSA) is 54.5 Å². The molecule has 0 unspecified atom stereocenters. The summed E-state index contributed by atoms with van der Waals surface area (Å²) in [6.07, 6.45) is 1.58. The molecule has 3 heterocycles. The van der Waals surface area contributed by atoms with Crippen molar-refractivity contribution in [1.82, 2.24) is 15.2 Å². The second-order valence-electron chi connectivity index (χ2n) is 4.67. The van der Waals surface area contributed by atoms with Crippen molar-refractivity contribution < 1.29 is 9.53 Å². The van der Waals surface area contributed by atoms with E-state index in [1.165, 1.54) is 0 Å². The van der Waals surface area contributed by atoms with Crippen molar-refractivity contribution in [2.75, 3.05) is 13.1 Å². The van der Waals surface area contributed by atoms with E-state index in [-0.39, 0.29) is 12.1 Å². The van der Waals surface area contributed by atoms with Gasteiger partial charge in [-0.2, -0.15) is 0 Å². The van der Waals surface area contributed by atoms with Crippen molar-refractivity contribution in [2.45, 2.75) is 12.6 Å². The van der Waals surface area contributed by atoms with Gasteiger partial charge in [0.15, 0.2) is 0 Å². The first kappa shape index (κ1) is 14.2. The largest absolute Gasteiger partial charge is 0.470 e. The number of urea groups is 1. The van der Waals surface area contributed by atoms with E-state index in [0.717, 1.165) is 4.88 Å². The number of carbonyl (C=O) groups excluding carboxylic acids is 1. The first-order chi connectivity index (χ1) is 10.2. The second kappa shape index (κ2) is 6.32. The van der Waals surface area contributed by atoms with Crippen molar-refractivity contribution >= 4 is 29.0 Å². The first-order valence-corrected chi connectivity index (χ1v) is 7.80. The van der Waals surface area contributed by atoms with Gasteiger partial charge in [0, 0.05) is 11.1 Å². The van der Waals surface area contributed by atoms with Gasteiger partial charge in [-0.25, -0.2) is 9.78 Å². The molecule has 2 aromatic heterocycles. The molecule has 1 aliphatic rings. The Morgan fingerprint density at radius 1 is 1.48 bits per heavy atom. The lowest BCUT2D eigenvalue weighted by Crippen LogP contribution is -2.58. The third-order valence-corrected chi connectivity index (χ3v) is 4.30. The van der Waals surface area contributed by atoms with E-state index in [2.05, 4.69) is 10.3 Å². The summed E-state index contributed by atoms with van der Waals surface area (Å²) in [5.41, 5.74) is 0. The van der Waals surface area contributed by atoms with Gasteiger partial charge in [-0.15, -0.1) is 11.3 Å². The molecule has 0 saturated carbocycles. The van der Waals surface area contributed by atoms with Gasteiger partial charge >= 0.3 is 6.03 Å². The van der Waals surface area contributed by atoms with E-state index in [9.17, 15) is 4.79 Å². The van der Waals surface area contributed by atoms with Crippen LogP contribution in [0.3, 0.4) is 0 Å². The van der Waals surface area contributed by atoms with Gasteiger partial charge in [0.25, 0.3) is 0 Å². The number of nitrogens with zero attached hydrogens (tertiary/aromatic N) is 2. The maximum absolute atomic E-state index is 11.9. The normalized spacial score (nSPS) is 14.6. The SMILES string of the molecule is O=C(NCc1cccs1)N1CC(Oc2ncccc2Cl)C1. The van der Waals surface area contributed by atoms with Crippen LogP contribution in [0.25, 0.3) is 0 Å². The Balaban J connectivity index is 1.43. The molecule has 1 aliphatic heterocycles. The molecular formula is C14H14ClN3O2S. The van der Waals surface area contributed by atoms with Crippen LogP contribution in [0, 0.1) is 0 Å². The van der Waals surface area contributed by atoms with Crippen LogP contribution in [0.5, 0.6) is 5.88 Å². The van der Waals surface area contributed by atoms with Gasteiger partial charge in [-0.3, -0.25) is 0 Å². The van der Waals surface area contributed by atoms with Gasteiger partial charge in [0.1, 0.15) is 11.1 Å². The van der Waals surface area contributed by atoms with Gasteiger partial charge in [-0.1, -0.05) is 17.7 Å². The number of hydrogen-bond donors (Lipinski definition) is 1. The predicted octanol–water partition coefficient (Wildman–Crippen LogP) is 2.77. The third-order valence-electron chi connectivity index (χ3n) is 3.13. The highest BCUT2D eigenvalue weighted by atomic mass is 35.5. The Bertz CT molecular complexity index is 614. The van der Waals surface area contributed by atoms with E-state index >= 15 is 0 Å². The number of thiophene rings is 1. The lowest BCUT2D eigenvalue weighted by molar-refractivity contribution is 0.0414. The summed E-state index contributed by atoms with van der Waals surface area (Å²) in [6, 6.07) is 7.37. The highest BCUT2D eigenvalue weighted by molar-refractivity contribution is 7.09. The molecule has 5 nitrogen and oxygen atoms in total. The number of pyridine rings is 1. The van der Waals surface area contributed by atoms with Crippen LogP contribution in [0.2, 0.25) is 5.02 Å². The van der Waals surface area contributed by atoms with E-state index in [1.54, 1.807) is 34.6 Å². The maximum atomic E-state index is 11.9. The zero-order chi connectivity index (χ0) is 14.7. The summed E-state index contributed by atoms with van der Waals surface area (Å²) < 4.78 is 5.65. The summed E-state index contributed by atoms with van der Waals surface area (Å²) in [5, 5.41) is 5.36. The van der Waals surface area contributed by atoms with Crippen LogP contribution >= 0.6 is 22.9 Å². The fraction of sp³-hybridized carbons (Fsp3) is 0.286. The van der Waals surface area contributed by atoms with Gasteiger partial charge in [-0.05, 0) is 23.6 Å². The molecule has 1 fully saturated rings. The highest BCUT2D eigenvalue weighted by Crippen LogP contribution is 2.23. The third kappa shape index (κ3) is 3.46. The summed E-state index contributed by atoms with van der Waals surface area (Å²) in [7, 11) is 0. The van der Waals surface area contributed by atoms with Crippen molar-refractivity contribution in [1.29, 1.82) is 0 Å². The molecule has 3 rings (SSSR count). The summed E-state index contributed by atoms with van der Waals surface area (Å²) in [5.74, 6) is 0.419. The Kier molecular flexibility index (Phi) is 4.26. The molecule has 0 aromatic carbocycles. The number of likely N-dealkylation sites (tertiary alicyclic amines) is 1. The molecule has 0 aliphatic carbocycles. The first-order valence-electron chi connectivity index (χ1n) is 6.54. The van der Waals surface area contributed by atoms with E-state index in [1.807, 2.05) is 17.5 Å². The molecule has 0 spiro atoms. The maximum Gasteiger partial charge on any atom is 0.317 e. The fourth-order valence-electron chi connectivity index (χ4n) is 1.98. The minimum atomic E-state index is -0.0737. The monoisotopic (exact) mass is 323 g/mol. The minimum Gasteiger partial charge on any atom is -0.470 e. The van der Waals surface area contributed by atoms with Crippen LogP contribution in [0.4, 0.5) is 4.79 Å². The number of halogens is 1. The Labute approximate surface area is 131 Å². The Morgan fingerprint density at radius 3 is 3.05 bits per heavy atom. The number of hydrogen-bond acceptors (Lipinski definition) is 4. The Morgan fingerprint density at radius 2 is 2.33 bits per heavy atom. The molecule has 7 heteroatoms. The number of carbonyl (C=O) groups is 1. The minimum absolute atomic E-state index is 0.0510. The molecule has 0 bridgehead atoms. The lowest BCUT2D eigenvalue weighted by Gasteiger charge is -2.38. The summed E-state index contributed by atoms with van der Waals surface area (Å²) in [4.78, 5) is 18.8. The van der Waals surface area contributed by atoms with Crippen LogP contribution < -0.4 is 10.1 Å². The van der Waals surface area contributed by atoms with Gasteiger partial charge in [0.05, 0.1) is 19.6 Å². The number of nitrogens with one attached hydrogen (secondary N) is 1. The summed E-state index contributed by atoms with van der Waals surface area (Å²) in [6.45, 7) is 1.65. The van der Waals surface area contributed by atoms with Crippen LogP contribution in [-0.2, 0) is 6.54 Å². The zero-order valence-electron chi connectivity index (χ0n) is 11.2. The number of amides is 2. The average molecular weight is 324 g/mol. The Hall–Kier alpha value is -1.79. The quantitative estimate of drug-likeness (QED) is 0.941. The van der Waals surface area contributed by atoms with Gasteiger partial charge < -0.3 is 15.0 Å². The van der Waals surface area contributed by atoms with E-state index in [0.29, 0.717) is 30.5 Å². The number of aromatic nitrogens is 1.